The number of aryl methyl sites for hydroxylation is 1. The van der Waals surface area contributed by atoms with Crippen molar-refractivity contribution in [1.29, 1.82) is 0 Å². The van der Waals surface area contributed by atoms with Crippen LogP contribution in [-0.4, -0.2) is 23.1 Å². The summed E-state index contributed by atoms with van der Waals surface area (Å²) in [5.41, 5.74) is 2.83. The minimum atomic E-state index is -0.981. The molecular weight excluding hydrogens is 228 g/mol. The molecule has 4 nitrogen and oxygen atoms in total. The van der Waals surface area contributed by atoms with Gasteiger partial charge in [0.25, 0.3) is 0 Å². The van der Waals surface area contributed by atoms with Gasteiger partial charge < -0.3 is 10.4 Å². The van der Waals surface area contributed by atoms with Gasteiger partial charge in [0.1, 0.15) is 11.4 Å². The van der Waals surface area contributed by atoms with Gasteiger partial charge in [-0.2, -0.15) is 0 Å². The van der Waals surface area contributed by atoms with Crippen molar-refractivity contribution >= 4 is 11.8 Å². The molecule has 0 fully saturated rings. The van der Waals surface area contributed by atoms with Crippen molar-refractivity contribution < 1.29 is 9.90 Å². The third kappa shape index (κ3) is 2.05. The molecule has 0 saturated carbocycles. The summed E-state index contributed by atoms with van der Waals surface area (Å²) in [6.07, 6.45) is 1.61. The van der Waals surface area contributed by atoms with Crippen molar-refractivity contribution in [3.8, 4) is 11.1 Å². The van der Waals surface area contributed by atoms with Crippen LogP contribution in [0.1, 0.15) is 15.9 Å². The molecule has 0 unspecified atom stereocenters. The Labute approximate surface area is 105 Å². The van der Waals surface area contributed by atoms with E-state index in [0.29, 0.717) is 11.4 Å². The fraction of sp³-hybridized carbons (Fsp3) is 0.143. The number of nitrogens with one attached hydrogen (secondary N) is 1. The average molecular weight is 242 g/mol. The van der Waals surface area contributed by atoms with Crippen LogP contribution in [0, 0.1) is 6.92 Å². The topological polar surface area (TPSA) is 62.2 Å². The molecule has 0 saturated heterocycles. The largest absolute Gasteiger partial charge is 0.478 e. The van der Waals surface area contributed by atoms with E-state index in [0.717, 1.165) is 11.1 Å². The number of hydrogen-bond donors (Lipinski definition) is 2. The van der Waals surface area contributed by atoms with E-state index in [9.17, 15) is 9.90 Å². The van der Waals surface area contributed by atoms with Crippen LogP contribution in [0.3, 0.4) is 0 Å². The fourth-order valence-electron chi connectivity index (χ4n) is 1.97. The zero-order chi connectivity index (χ0) is 13.1. The van der Waals surface area contributed by atoms with E-state index < -0.39 is 5.97 Å². The molecule has 0 amide bonds. The number of anilines is 1. The predicted octanol–water partition coefficient (Wildman–Crippen LogP) is 2.80. The van der Waals surface area contributed by atoms with E-state index in [1.54, 1.807) is 19.3 Å². The lowest BCUT2D eigenvalue weighted by Crippen LogP contribution is -2.07. The number of pyridine rings is 1. The molecule has 0 atom stereocenters. The van der Waals surface area contributed by atoms with Gasteiger partial charge in [-0.3, -0.25) is 0 Å². The highest BCUT2D eigenvalue weighted by Crippen LogP contribution is 2.29. The molecule has 0 spiro atoms. The predicted molar refractivity (Wildman–Crippen MR) is 70.9 cm³/mol. The van der Waals surface area contributed by atoms with Crippen LogP contribution in [0.5, 0.6) is 0 Å². The SMILES string of the molecule is CNc1nccc(-c2ccccc2C)c1C(=O)O. The third-order valence-corrected chi connectivity index (χ3v) is 2.84. The van der Waals surface area contributed by atoms with Crippen molar-refractivity contribution in [3.05, 3.63) is 47.7 Å². The Kier molecular flexibility index (Phi) is 3.28. The van der Waals surface area contributed by atoms with E-state index >= 15 is 0 Å². The first-order valence-corrected chi connectivity index (χ1v) is 5.61. The molecule has 0 bridgehead atoms. The number of carboxylic acids is 1. The van der Waals surface area contributed by atoms with Gasteiger partial charge in [0.2, 0.25) is 0 Å². The summed E-state index contributed by atoms with van der Waals surface area (Å²) in [5, 5.41) is 12.2. The molecule has 18 heavy (non-hydrogen) atoms. The van der Waals surface area contributed by atoms with Gasteiger partial charge in [-0.15, -0.1) is 0 Å². The Hall–Kier alpha value is -2.36. The highest BCUT2D eigenvalue weighted by molar-refractivity contribution is 6.01. The van der Waals surface area contributed by atoms with E-state index in [1.165, 1.54) is 0 Å². The minimum absolute atomic E-state index is 0.203. The summed E-state index contributed by atoms with van der Waals surface area (Å²) in [6, 6.07) is 9.43. The van der Waals surface area contributed by atoms with Gasteiger partial charge in [-0.1, -0.05) is 24.3 Å². The number of hydrogen-bond acceptors (Lipinski definition) is 3. The maximum Gasteiger partial charge on any atom is 0.340 e. The molecule has 2 rings (SSSR count). The smallest absolute Gasteiger partial charge is 0.340 e. The zero-order valence-electron chi connectivity index (χ0n) is 10.3. The first-order chi connectivity index (χ1) is 8.65. The van der Waals surface area contributed by atoms with Crippen LogP contribution in [0.4, 0.5) is 5.82 Å². The number of benzene rings is 1. The van der Waals surface area contributed by atoms with Crippen molar-refractivity contribution in [2.75, 3.05) is 12.4 Å². The second-order valence-corrected chi connectivity index (χ2v) is 3.95. The van der Waals surface area contributed by atoms with Crippen LogP contribution in [0.25, 0.3) is 11.1 Å². The molecule has 2 N–H and O–H groups in total. The monoisotopic (exact) mass is 242 g/mol. The Morgan fingerprint density at radius 3 is 2.56 bits per heavy atom. The first kappa shape index (κ1) is 12.1. The van der Waals surface area contributed by atoms with Gasteiger partial charge >= 0.3 is 5.97 Å². The summed E-state index contributed by atoms with van der Waals surface area (Å²) >= 11 is 0. The van der Waals surface area contributed by atoms with Crippen molar-refractivity contribution in [1.82, 2.24) is 4.98 Å². The van der Waals surface area contributed by atoms with Crippen LogP contribution < -0.4 is 5.32 Å². The lowest BCUT2D eigenvalue weighted by atomic mass is 9.97. The van der Waals surface area contributed by atoms with E-state index in [4.69, 9.17) is 0 Å². The molecule has 1 heterocycles. The summed E-state index contributed by atoms with van der Waals surface area (Å²) in [5.74, 6) is -0.603. The molecule has 0 aliphatic heterocycles. The third-order valence-electron chi connectivity index (χ3n) is 2.84. The molecule has 0 radical (unpaired) electrons. The lowest BCUT2D eigenvalue weighted by Gasteiger charge is -2.12. The van der Waals surface area contributed by atoms with Crippen LogP contribution >= 0.6 is 0 Å². The van der Waals surface area contributed by atoms with E-state index in [-0.39, 0.29) is 5.56 Å². The van der Waals surface area contributed by atoms with Gasteiger partial charge in [-0.05, 0) is 24.1 Å². The maximum atomic E-state index is 11.4. The zero-order valence-corrected chi connectivity index (χ0v) is 10.3. The number of carboxylic acid groups (broad SMARTS) is 1. The summed E-state index contributed by atoms with van der Waals surface area (Å²) in [6.45, 7) is 1.96. The Balaban J connectivity index is 2.72. The number of rotatable bonds is 3. The van der Waals surface area contributed by atoms with Crippen LogP contribution in [-0.2, 0) is 0 Å². The molecular formula is C14H14N2O2. The highest BCUT2D eigenvalue weighted by Gasteiger charge is 2.17. The minimum Gasteiger partial charge on any atom is -0.478 e. The molecule has 2 aromatic rings. The molecule has 92 valence electrons. The van der Waals surface area contributed by atoms with Gasteiger partial charge in [0.15, 0.2) is 0 Å². The van der Waals surface area contributed by atoms with Crippen molar-refractivity contribution in [2.24, 2.45) is 0 Å². The van der Waals surface area contributed by atoms with Crippen LogP contribution in [0.15, 0.2) is 36.5 Å². The second-order valence-electron chi connectivity index (χ2n) is 3.95. The van der Waals surface area contributed by atoms with Crippen LogP contribution in [0.2, 0.25) is 0 Å². The summed E-state index contributed by atoms with van der Waals surface area (Å²) in [4.78, 5) is 15.4. The van der Waals surface area contributed by atoms with E-state index in [1.807, 2.05) is 31.2 Å². The van der Waals surface area contributed by atoms with Crippen molar-refractivity contribution in [2.45, 2.75) is 6.92 Å². The molecule has 0 aliphatic carbocycles. The summed E-state index contributed by atoms with van der Waals surface area (Å²) in [7, 11) is 1.66. The number of aromatic nitrogens is 1. The molecule has 1 aromatic heterocycles. The fourth-order valence-corrected chi connectivity index (χ4v) is 1.97. The molecule has 4 heteroatoms. The lowest BCUT2D eigenvalue weighted by molar-refractivity contribution is 0.0698. The average Bonchev–Trinajstić information content (AvgIpc) is 2.38. The van der Waals surface area contributed by atoms with E-state index in [2.05, 4.69) is 10.3 Å². The molecule has 1 aromatic carbocycles. The standard InChI is InChI=1S/C14H14N2O2/c1-9-5-3-4-6-10(9)11-7-8-16-13(15-2)12(11)14(17)18/h3-8H,1-2H3,(H,15,16)(H,17,18). The highest BCUT2D eigenvalue weighted by atomic mass is 16.4. The van der Waals surface area contributed by atoms with Gasteiger partial charge in [0.05, 0.1) is 0 Å². The Morgan fingerprint density at radius 2 is 1.94 bits per heavy atom. The van der Waals surface area contributed by atoms with Crippen molar-refractivity contribution in [3.63, 3.8) is 0 Å². The summed E-state index contributed by atoms with van der Waals surface area (Å²) < 4.78 is 0. The Bertz CT molecular complexity index is 594. The number of carbonyl (C=O) groups is 1. The number of nitrogens with zero attached hydrogens (tertiary/aromatic N) is 1. The number of aromatic carboxylic acids is 1. The normalized spacial score (nSPS) is 10.1. The second kappa shape index (κ2) is 4.87. The Morgan fingerprint density at radius 1 is 1.22 bits per heavy atom. The van der Waals surface area contributed by atoms with Gasteiger partial charge in [0, 0.05) is 18.8 Å². The quantitative estimate of drug-likeness (QED) is 0.868. The molecule has 0 aliphatic rings. The first-order valence-electron chi connectivity index (χ1n) is 5.61. The van der Waals surface area contributed by atoms with Gasteiger partial charge in [-0.25, -0.2) is 9.78 Å². The maximum absolute atomic E-state index is 11.4.